The van der Waals surface area contributed by atoms with Gasteiger partial charge < -0.3 is 16.4 Å². The molecule has 6 heteroatoms. The molecule has 0 spiro atoms. The van der Waals surface area contributed by atoms with Crippen molar-refractivity contribution in [3.8, 4) is 0 Å². The standard InChI is InChI=1S/C20H28N6/c1-16-14-24-26-19(23-15-17-9-5-4-6-10-17)13-18(25-20(16)26)22-12-8-3-2-7-11-21/h4-6,9-10,13-14,23H,2-3,7-8,11-12,15,21H2,1H3,(H,22,25). The summed E-state index contributed by atoms with van der Waals surface area (Å²) in [5, 5.41) is 11.4. The zero-order chi connectivity index (χ0) is 18.2. The fourth-order valence-corrected chi connectivity index (χ4v) is 2.92. The van der Waals surface area contributed by atoms with E-state index in [0.717, 1.165) is 55.3 Å². The summed E-state index contributed by atoms with van der Waals surface area (Å²) in [6.45, 7) is 4.48. The molecule has 2 aromatic heterocycles. The van der Waals surface area contributed by atoms with Gasteiger partial charge in [0, 0.05) is 24.7 Å². The predicted octanol–water partition coefficient (Wildman–Crippen LogP) is 3.58. The van der Waals surface area contributed by atoms with E-state index in [-0.39, 0.29) is 0 Å². The van der Waals surface area contributed by atoms with E-state index >= 15 is 0 Å². The lowest BCUT2D eigenvalue weighted by atomic mass is 10.2. The van der Waals surface area contributed by atoms with Crippen molar-refractivity contribution in [2.45, 2.75) is 39.2 Å². The van der Waals surface area contributed by atoms with Crippen LogP contribution in [0.4, 0.5) is 11.6 Å². The number of unbranched alkanes of at least 4 members (excludes halogenated alkanes) is 3. The molecule has 0 saturated carbocycles. The number of benzene rings is 1. The minimum absolute atomic E-state index is 0.747. The second-order valence-electron chi connectivity index (χ2n) is 6.56. The molecule has 2 heterocycles. The number of aryl methyl sites for hydroxylation is 1. The molecule has 0 unspecified atom stereocenters. The van der Waals surface area contributed by atoms with E-state index in [0.29, 0.717) is 0 Å². The van der Waals surface area contributed by atoms with Gasteiger partial charge in [-0.15, -0.1) is 0 Å². The molecule has 0 aliphatic heterocycles. The third kappa shape index (κ3) is 4.73. The number of aromatic nitrogens is 3. The van der Waals surface area contributed by atoms with Gasteiger partial charge in [-0.05, 0) is 31.9 Å². The lowest BCUT2D eigenvalue weighted by Crippen LogP contribution is -2.10. The van der Waals surface area contributed by atoms with Gasteiger partial charge in [0.2, 0.25) is 0 Å². The predicted molar refractivity (Wildman–Crippen MR) is 108 cm³/mol. The van der Waals surface area contributed by atoms with E-state index in [1.165, 1.54) is 18.4 Å². The second kappa shape index (κ2) is 9.20. The molecule has 0 fully saturated rings. The minimum atomic E-state index is 0.747. The number of nitrogens with two attached hydrogens (primary N) is 1. The SMILES string of the molecule is Cc1cnn2c(NCc3ccccc3)cc(NCCCCCCN)nc12. The Balaban J connectivity index is 1.68. The Kier molecular flexibility index (Phi) is 6.44. The number of rotatable bonds is 10. The molecule has 3 aromatic rings. The molecule has 0 bridgehead atoms. The van der Waals surface area contributed by atoms with Crippen molar-refractivity contribution in [1.29, 1.82) is 0 Å². The second-order valence-corrected chi connectivity index (χ2v) is 6.56. The Morgan fingerprint density at radius 3 is 2.65 bits per heavy atom. The summed E-state index contributed by atoms with van der Waals surface area (Å²) >= 11 is 0. The molecule has 0 atom stereocenters. The maximum Gasteiger partial charge on any atom is 0.162 e. The summed E-state index contributed by atoms with van der Waals surface area (Å²) in [6, 6.07) is 12.4. The molecule has 1 aromatic carbocycles. The highest BCUT2D eigenvalue weighted by Crippen LogP contribution is 2.19. The van der Waals surface area contributed by atoms with Crippen molar-refractivity contribution in [3.05, 3.63) is 53.7 Å². The highest BCUT2D eigenvalue weighted by Gasteiger charge is 2.09. The summed E-state index contributed by atoms with van der Waals surface area (Å²) < 4.78 is 1.87. The summed E-state index contributed by atoms with van der Waals surface area (Å²) in [7, 11) is 0. The van der Waals surface area contributed by atoms with Gasteiger partial charge >= 0.3 is 0 Å². The fraction of sp³-hybridized carbons (Fsp3) is 0.400. The molecule has 0 saturated heterocycles. The molecule has 4 N–H and O–H groups in total. The van der Waals surface area contributed by atoms with Crippen LogP contribution in [0.15, 0.2) is 42.6 Å². The highest BCUT2D eigenvalue weighted by atomic mass is 15.3. The van der Waals surface area contributed by atoms with Crippen LogP contribution in [0.25, 0.3) is 5.65 Å². The zero-order valence-corrected chi connectivity index (χ0v) is 15.4. The van der Waals surface area contributed by atoms with E-state index in [2.05, 4.69) is 40.0 Å². The Morgan fingerprint density at radius 1 is 1.04 bits per heavy atom. The molecule has 0 radical (unpaired) electrons. The van der Waals surface area contributed by atoms with Crippen LogP contribution in [-0.4, -0.2) is 27.7 Å². The molecule has 3 rings (SSSR count). The minimum Gasteiger partial charge on any atom is -0.370 e. The van der Waals surface area contributed by atoms with Gasteiger partial charge in [0.25, 0.3) is 0 Å². The number of anilines is 2. The highest BCUT2D eigenvalue weighted by molar-refractivity contribution is 5.59. The van der Waals surface area contributed by atoms with Gasteiger partial charge in [-0.25, -0.2) is 4.98 Å². The molecule has 6 nitrogen and oxygen atoms in total. The lowest BCUT2D eigenvalue weighted by molar-refractivity contribution is 0.661. The third-order valence-corrected chi connectivity index (χ3v) is 4.40. The van der Waals surface area contributed by atoms with Gasteiger partial charge in [-0.2, -0.15) is 9.61 Å². The topological polar surface area (TPSA) is 80.3 Å². The average molecular weight is 352 g/mol. The number of hydrogen-bond acceptors (Lipinski definition) is 5. The van der Waals surface area contributed by atoms with Gasteiger partial charge in [0.05, 0.1) is 6.20 Å². The first-order valence-electron chi connectivity index (χ1n) is 9.35. The van der Waals surface area contributed by atoms with E-state index < -0.39 is 0 Å². The number of nitrogens with one attached hydrogen (secondary N) is 2. The van der Waals surface area contributed by atoms with E-state index in [1.54, 1.807) is 0 Å². The van der Waals surface area contributed by atoms with Crippen molar-refractivity contribution in [3.63, 3.8) is 0 Å². The Labute approximate surface area is 154 Å². The van der Waals surface area contributed by atoms with E-state index in [1.807, 2.05) is 29.8 Å². The van der Waals surface area contributed by atoms with Gasteiger partial charge in [0.15, 0.2) is 5.65 Å². The van der Waals surface area contributed by atoms with Crippen LogP contribution in [0.2, 0.25) is 0 Å². The largest absolute Gasteiger partial charge is 0.370 e. The first kappa shape index (κ1) is 18.2. The maximum absolute atomic E-state index is 5.54. The van der Waals surface area contributed by atoms with Crippen molar-refractivity contribution in [2.24, 2.45) is 5.73 Å². The number of hydrogen-bond donors (Lipinski definition) is 3. The normalized spacial score (nSPS) is 11.0. The van der Waals surface area contributed by atoms with Crippen molar-refractivity contribution in [2.75, 3.05) is 23.7 Å². The van der Waals surface area contributed by atoms with Crippen LogP contribution in [0.5, 0.6) is 0 Å². The molecule has 0 aliphatic rings. The molecular formula is C20H28N6. The third-order valence-electron chi connectivity index (χ3n) is 4.40. The van der Waals surface area contributed by atoms with Crippen LogP contribution >= 0.6 is 0 Å². The smallest absolute Gasteiger partial charge is 0.162 e. The van der Waals surface area contributed by atoms with Gasteiger partial charge in [-0.1, -0.05) is 43.2 Å². The van der Waals surface area contributed by atoms with Crippen molar-refractivity contribution in [1.82, 2.24) is 14.6 Å². The van der Waals surface area contributed by atoms with Crippen LogP contribution in [0.1, 0.15) is 36.8 Å². The number of fused-ring (bicyclic) bond motifs is 1. The molecule has 138 valence electrons. The Hall–Kier alpha value is -2.60. The molecule has 0 amide bonds. The van der Waals surface area contributed by atoms with E-state index in [4.69, 9.17) is 10.7 Å². The molecular weight excluding hydrogens is 324 g/mol. The van der Waals surface area contributed by atoms with Crippen LogP contribution in [-0.2, 0) is 6.54 Å². The Morgan fingerprint density at radius 2 is 1.85 bits per heavy atom. The first-order chi connectivity index (χ1) is 12.8. The Bertz CT molecular complexity index is 812. The van der Waals surface area contributed by atoms with Crippen molar-refractivity contribution < 1.29 is 0 Å². The summed E-state index contributed by atoms with van der Waals surface area (Å²) in [4.78, 5) is 4.71. The summed E-state index contributed by atoms with van der Waals surface area (Å²) in [5.41, 5.74) is 8.72. The molecule has 26 heavy (non-hydrogen) atoms. The maximum atomic E-state index is 5.54. The van der Waals surface area contributed by atoms with Gasteiger partial charge in [0.1, 0.15) is 11.6 Å². The van der Waals surface area contributed by atoms with Gasteiger partial charge in [-0.3, -0.25) is 0 Å². The summed E-state index contributed by atoms with van der Waals surface area (Å²) in [5.74, 6) is 1.83. The number of nitrogens with zero attached hydrogens (tertiary/aromatic N) is 3. The monoisotopic (exact) mass is 352 g/mol. The van der Waals surface area contributed by atoms with Crippen LogP contribution in [0, 0.1) is 6.92 Å². The average Bonchev–Trinajstić information content (AvgIpc) is 3.05. The van der Waals surface area contributed by atoms with Crippen LogP contribution in [0.3, 0.4) is 0 Å². The van der Waals surface area contributed by atoms with Crippen LogP contribution < -0.4 is 16.4 Å². The van der Waals surface area contributed by atoms with E-state index in [9.17, 15) is 0 Å². The first-order valence-corrected chi connectivity index (χ1v) is 9.35. The molecule has 0 aliphatic carbocycles. The summed E-state index contributed by atoms with van der Waals surface area (Å²) in [6.07, 6.45) is 6.46. The zero-order valence-electron chi connectivity index (χ0n) is 15.4. The van der Waals surface area contributed by atoms with Crippen molar-refractivity contribution >= 4 is 17.3 Å². The fourth-order valence-electron chi connectivity index (χ4n) is 2.92. The quantitative estimate of drug-likeness (QED) is 0.486. The lowest BCUT2D eigenvalue weighted by Gasteiger charge is -2.12.